The fraction of sp³-hybridized carbons (Fsp3) is 0.158. The number of rotatable bonds is 3. The van der Waals surface area contributed by atoms with Gasteiger partial charge in [-0.1, -0.05) is 12.1 Å². The average Bonchev–Trinajstić information content (AvgIpc) is 3.26. The highest BCUT2D eigenvalue weighted by atomic mass is 16.5. The van der Waals surface area contributed by atoms with Gasteiger partial charge in [0, 0.05) is 41.2 Å². The van der Waals surface area contributed by atoms with E-state index in [4.69, 9.17) is 4.74 Å². The van der Waals surface area contributed by atoms with Gasteiger partial charge in [0.05, 0.1) is 12.2 Å². The van der Waals surface area contributed by atoms with Crippen LogP contribution in [0.1, 0.15) is 37.8 Å². The van der Waals surface area contributed by atoms with Gasteiger partial charge in [0.15, 0.2) is 0 Å². The number of H-pyrrole nitrogens is 1. The number of hydrogen-bond donors (Lipinski definition) is 2. The first-order valence-corrected chi connectivity index (χ1v) is 7.77. The number of benzene rings is 2. The van der Waals surface area contributed by atoms with Crippen LogP contribution in [0.4, 0.5) is 0 Å². The number of ether oxygens (including phenoxy) is 1. The Balaban J connectivity index is 1.91. The van der Waals surface area contributed by atoms with E-state index in [9.17, 15) is 9.59 Å². The second-order valence-corrected chi connectivity index (χ2v) is 5.83. The third-order valence-electron chi connectivity index (χ3n) is 4.52. The molecular formula is C19H16N2O3. The normalized spacial score (nSPS) is 15.8. The Morgan fingerprint density at radius 2 is 2.17 bits per heavy atom. The molecule has 3 aromatic rings. The van der Waals surface area contributed by atoms with E-state index in [0.717, 1.165) is 28.3 Å². The summed E-state index contributed by atoms with van der Waals surface area (Å²) in [5.74, 6) is 0.302. The maximum absolute atomic E-state index is 12.1. The smallest absolute Gasteiger partial charge is 0.254 e. The van der Waals surface area contributed by atoms with Crippen molar-refractivity contribution in [2.75, 3.05) is 13.7 Å². The Morgan fingerprint density at radius 1 is 1.29 bits per heavy atom. The van der Waals surface area contributed by atoms with Gasteiger partial charge in [-0.2, -0.15) is 0 Å². The number of carbonyl (C=O) groups is 2. The Hall–Kier alpha value is -3.08. The molecule has 0 radical (unpaired) electrons. The van der Waals surface area contributed by atoms with Crippen LogP contribution in [-0.2, 0) is 0 Å². The van der Waals surface area contributed by atoms with Crippen molar-refractivity contribution in [2.45, 2.75) is 5.92 Å². The first-order chi connectivity index (χ1) is 11.7. The van der Waals surface area contributed by atoms with Crippen LogP contribution in [0.3, 0.4) is 0 Å². The van der Waals surface area contributed by atoms with E-state index in [-0.39, 0.29) is 11.8 Å². The van der Waals surface area contributed by atoms with Crippen molar-refractivity contribution in [3.8, 4) is 5.75 Å². The van der Waals surface area contributed by atoms with Gasteiger partial charge in [0.1, 0.15) is 12.0 Å². The highest BCUT2D eigenvalue weighted by Crippen LogP contribution is 2.42. The zero-order valence-corrected chi connectivity index (χ0v) is 13.1. The summed E-state index contributed by atoms with van der Waals surface area (Å²) in [5, 5.41) is 3.72. The van der Waals surface area contributed by atoms with E-state index in [1.54, 1.807) is 13.1 Å². The molecule has 1 aliphatic rings. The molecule has 0 saturated carbocycles. The summed E-state index contributed by atoms with van der Waals surface area (Å²) in [6.07, 6.45) is 2.67. The molecule has 5 heteroatoms. The number of aromatic nitrogens is 1. The van der Waals surface area contributed by atoms with Crippen molar-refractivity contribution in [1.29, 1.82) is 0 Å². The van der Waals surface area contributed by atoms with E-state index in [2.05, 4.69) is 16.4 Å². The van der Waals surface area contributed by atoms with Crippen LogP contribution in [-0.4, -0.2) is 30.8 Å². The molecule has 2 N–H and O–H groups in total. The van der Waals surface area contributed by atoms with E-state index < -0.39 is 0 Å². The molecule has 120 valence electrons. The van der Waals surface area contributed by atoms with Gasteiger partial charge in [0.2, 0.25) is 0 Å². The number of aldehydes is 1. The largest absolute Gasteiger partial charge is 0.491 e. The van der Waals surface area contributed by atoms with Gasteiger partial charge in [-0.25, -0.2) is 0 Å². The minimum Gasteiger partial charge on any atom is -0.491 e. The molecule has 5 nitrogen and oxygen atoms in total. The lowest BCUT2D eigenvalue weighted by Crippen LogP contribution is -2.18. The van der Waals surface area contributed by atoms with Crippen molar-refractivity contribution in [1.82, 2.24) is 10.3 Å². The predicted octanol–water partition coefficient (Wildman–Crippen LogP) is 2.86. The summed E-state index contributed by atoms with van der Waals surface area (Å²) in [6, 6.07) is 11.5. The molecule has 24 heavy (non-hydrogen) atoms. The SMILES string of the molecule is CNC(=O)c1cc(C=O)cc2c1OCC2c1cccc2[nH]ccc12. The zero-order valence-electron chi connectivity index (χ0n) is 13.1. The van der Waals surface area contributed by atoms with E-state index in [0.29, 0.717) is 23.5 Å². The van der Waals surface area contributed by atoms with Gasteiger partial charge in [-0.3, -0.25) is 9.59 Å². The van der Waals surface area contributed by atoms with Crippen LogP contribution >= 0.6 is 0 Å². The number of fused-ring (bicyclic) bond motifs is 2. The lowest BCUT2D eigenvalue weighted by Gasteiger charge is -2.12. The molecule has 1 atom stereocenters. The Bertz CT molecular complexity index is 958. The zero-order chi connectivity index (χ0) is 16.7. The van der Waals surface area contributed by atoms with Crippen LogP contribution in [0.5, 0.6) is 5.75 Å². The van der Waals surface area contributed by atoms with Crippen LogP contribution < -0.4 is 10.1 Å². The van der Waals surface area contributed by atoms with Crippen LogP contribution in [0.2, 0.25) is 0 Å². The predicted molar refractivity (Wildman–Crippen MR) is 90.9 cm³/mol. The summed E-state index contributed by atoms with van der Waals surface area (Å²) in [7, 11) is 1.56. The molecule has 2 heterocycles. The molecule has 4 rings (SSSR count). The molecule has 0 aliphatic carbocycles. The van der Waals surface area contributed by atoms with Crippen molar-refractivity contribution in [3.05, 3.63) is 64.8 Å². The van der Waals surface area contributed by atoms with Crippen molar-refractivity contribution in [2.24, 2.45) is 0 Å². The van der Waals surface area contributed by atoms with Crippen molar-refractivity contribution >= 4 is 23.1 Å². The summed E-state index contributed by atoms with van der Waals surface area (Å²) < 4.78 is 5.86. The maximum atomic E-state index is 12.1. The third-order valence-corrected chi connectivity index (χ3v) is 4.52. The highest BCUT2D eigenvalue weighted by molar-refractivity contribution is 5.99. The van der Waals surface area contributed by atoms with Crippen LogP contribution in [0, 0.1) is 0 Å². The molecule has 1 aromatic heterocycles. The Morgan fingerprint density at radius 3 is 2.96 bits per heavy atom. The van der Waals surface area contributed by atoms with Gasteiger partial charge in [-0.15, -0.1) is 0 Å². The van der Waals surface area contributed by atoms with E-state index in [1.165, 1.54) is 0 Å². The third kappa shape index (κ3) is 2.09. The van der Waals surface area contributed by atoms with Crippen molar-refractivity contribution in [3.63, 3.8) is 0 Å². The minimum atomic E-state index is -0.254. The Labute approximate surface area is 138 Å². The van der Waals surface area contributed by atoms with E-state index in [1.807, 2.05) is 30.5 Å². The topological polar surface area (TPSA) is 71.2 Å². The lowest BCUT2D eigenvalue weighted by molar-refractivity contribution is 0.0960. The van der Waals surface area contributed by atoms with E-state index >= 15 is 0 Å². The minimum absolute atomic E-state index is 0.0113. The summed E-state index contributed by atoms with van der Waals surface area (Å²) in [4.78, 5) is 26.7. The molecule has 1 unspecified atom stereocenters. The number of amides is 1. The van der Waals surface area contributed by atoms with Gasteiger partial charge < -0.3 is 15.0 Å². The average molecular weight is 320 g/mol. The van der Waals surface area contributed by atoms with Gasteiger partial charge in [0.25, 0.3) is 5.91 Å². The molecule has 0 bridgehead atoms. The van der Waals surface area contributed by atoms with Gasteiger partial charge in [-0.05, 0) is 29.8 Å². The maximum Gasteiger partial charge on any atom is 0.254 e. The summed E-state index contributed by atoms with van der Waals surface area (Å²) in [5.41, 5.74) is 3.94. The second kappa shape index (κ2) is 5.53. The molecule has 2 aromatic carbocycles. The summed E-state index contributed by atoms with van der Waals surface area (Å²) >= 11 is 0. The number of hydrogen-bond acceptors (Lipinski definition) is 3. The number of aromatic amines is 1. The molecule has 0 fully saturated rings. The molecule has 0 spiro atoms. The first-order valence-electron chi connectivity index (χ1n) is 7.77. The fourth-order valence-corrected chi connectivity index (χ4v) is 3.39. The monoisotopic (exact) mass is 320 g/mol. The standard InChI is InChI=1S/C19H16N2O3/c1-20-19(23)15-8-11(9-22)7-14-16(10-24-18(14)15)12-3-2-4-17-13(12)5-6-21-17/h2-9,16,21H,10H2,1H3,(H,20,23). The molecular weight excluding hydrogens is 304 g/mol. The fourth-order valence-electron chi connectivity index (χ4n) is 3.39. The van der Waals surface area contributed by atoms with Crippen molar-refractivity contribution < 1.29 is 14.3 Å². The lowest BCUT2D eigenvalue weighted by atomic mass is 9.89. The van der Waals surface area contributed by atoms with Crippen LogP contribution in [0.25, 0.3) is 10.9 Å². The number of carbonyl (C=O) groups excluding carboxylic acids is 2. The molecule has 0 saturated heterocycles. The number of nitrogens with one attached hydrogen (secondary N) is 2. The molecule has 1 amide bonds. The highest BCUT2D eigenvalue weighted by Gasteiger charge is 2.31. The second-order valence-electron chi connectivity index (χ2n) is 5.83. The summed E-state index contributed by atoms with van der Waals surface area (Å²) in [6.45, 7) is 0.450. The van der Waals surface area contributed by atoms with Gasteiger partial charge >= 0.3 is 0 Å². The Kier molecular flexibility index (Phi) is 3.34. The van der Waals surface area contributed by atoms with Crippen LogP contribution in [0.15, 0.2) is 42.6 Å². The quantitative estimate of drug-likeness (QED) is 0.729. The first kappa shape index (κ1) is 14.5. The molecule has 1 aliphatic heterocycles.